The van der Waals surface area contributed by atoms with Crippen molar-refractivity contribution in [1.82, 2.24) is 0 Å². The summed E-state index contributed by atoms with van der Waals surface area (Å²) >= 11 is 5.99. The number of nitrogens with zero attached hydrogens (tertiary/aromatic N) is 1. The van der Waals surface area contributed by atoms with Crippen molar-refractivity contribution in [1.29, 1.82) is 0 Å². The number of aryl methyl sites for hydroxylation is 1. The van der Waals surface area contributed by atoms with Crippen LogP contribution in [0.2, 0.25) is 5.02 Å². The zero-order chi connectivity index (χ0) is 20.8. The molecule has 0 fully saturated rings. The number of ether oxygens (including phenoxy) is 1. The number of phenolic OH excluding ortho intramolecular Hbond substituents is 1. The second kappa shape index (κ2) is 7.12. The summed E-state index contributed by atoms with van der Waals surface area (Å²) in [6, 6.07) is 19.8. The first-order chi connectivity index (χ1) is 13.8. The number of phenols is 1. The lowest BCUT2D eigenvalue weighted by atomic mass is 9.85. The molecule has 0 aromatic heterocycles. The van der Waals surface area contributed by atoms with Crippen molar-refractivity contribution in [2.45, 2.75) is 32.4 Å². The number of aromatic hydroxyl groups is 1. The van der Waals surface area contributed by atoms with Crippen LogP contribution in [0.5, 0.6) is 11.5 Å². The third-order valence-electron chi connectivity index (χ3n) is 5.37. The fraction of sp³-hybridized carbons (Fsp3) is 0.208. The van der Waals surface area contributed by atoms with Crippen LogP contribution in [-0.4, -0.2) is 17.2 Å². The topological polar surface area (TPSA) is 49.8 Å². The molecule has 3 aromatic carbocycles. The van der Waals surface area contributed by atoms with E-state index in [4.69, 9.17) is 16.3 Å². The van der Waals surface area contributed by atoms with Gasteiger partial charge in [-0.15, -0.1) is 0 Å². The normalized spacial score (nSPS) is 17.1. The van der Waals surface area contributed by atoms with Crippen LogP contribution in [0.4, 0.5) is 5.69 Å². The number of fused-ring (bicyclic) bond motifs is 1. The van der Waals surface area contributed by atoms with E-state index in [0.717, 1.165) is 16.8 Å². The Hall–Kier alpha value is -2.98. The highest BCUT2D eigenvalue weighted by Gasteiger charge is 2.49. The van der Waals surface area contributed by atoms with E-state index in [-0.39, 0.29) is 11.7 Å². The molecule has 5 heteroatoms. The molecule has 1 aliphatic heterocycles. The van der Waals surface area contributed by atoms with Crippen LogP contribution in [0.3, 0.4) is 0 Å². The molecule has 148 valence electrons. The number of amides is 1. The van der Waals surface area contributed by atoms with Crippen LogP contribution in [0.15, 0.2) is 66.7 Å². The van der Waals surface area contributed by atoms with Crippen molar-refractivity contribution in [2.75, 3.05) is 4.90 Å². The second-order valence-corrected chi connectivity index (χ2v) is 8.30. The monoisotopic (exact) mass is 407 g/mol. The summed E-state index contributed by atoms with van der Waals surface area (Å²) in [6.45, 7) is 6.01. The number of hydrogen-bond acceptors (Lipinski definition) is 3. The molecule has 3 aromatic rings. The summed E-state index contributed by atoms with van der Waals surface area (Å²) < 4.78 is 6.29. The third-order valence-corrected chi connectivity index (χ3v) is 5.63. The Morgan fingerprint density at radius 3 is 2.48 bits per heavy atom. The zero-order valence-corrected chi connectivity index (χ0v) is 17.3. The number of rotatable bonds is 3. The summed E-state index contributed by atoms with van der Waals surface area (Å²) in [4.78, 5) is 15.2. The molecule has 29 heavy (non-hydrogen) atoms. The quantitative estimate of drug-likeness (QED) is 0.606. The van der Waals surface area contributed by atoms with E-state index in [2.05, 4.69) is 0 Å². The average molecular weight is 408 g/mol. The first-order valence-electron chi connectivity index (χ1n) is 9.44. The molecule has 0 saturated heterocycles. The van der Waals surface area contributed by atoms with E-state index < -0.39 is 11.6 Å². The summed E-state index contributed by atoms with van der Waals surface area (Å²) in [5.41, 5.74) is 2.80. The lowest BCUT2D eigenvalue weighted by molar-refractivity contribution is 0.0840. The summed E-state index contributed by atoms with van der Waals surface area (Å²) in [7, 11) is 0. The van der Waals surface area contributed by atoms with Crippen LogP contribution in [-0.2, 0) is 5.41 Å². The maximum absolute atomic E-state index is 13.5. The first-order valence-corrected chi connectivity index (χ1v) is 9.82. The number of carbonyl (C=O) groups is 1. The van der Waals surface area contributed by atoms with E-state index in [1.807, 2.05) is 51.1 Å². The number of benzene rings is 3. The number of hydrogen-bond donors (Lipinski definition) is 1. The molecule has 0 bridgehead atoms. The van der Waals surface area contributed by atoms with Crippen LogP contribution >= 0.6 is 11.6 Å². The molecule has 0 saturated carbocycles. The Kier molecular flexibility index (Phi) is 4.75. The lowest BCUT2D eigenvalue weighted by Gasteiger charge is -2.33. The number of anilines is 1. The molecule has 1 amide bonds. The smallest absolute Gasteiger partial charge is 0.261 e. The number of halogens is 1. The van der Waals surface area contributed by atoms with Crippen molar-refractivity contribution in [3.05, 3.63) is 88.4 Å². The molecule has 1 heterocycles. The highest BCUT2D eigenvalue weighted by atomic mass is 35.5. The second-order valence-electron chi connectivity index (χ2n) is 7.86. The van der Waals surface area contributed by atoms with Crippen molar-refractivity contribution in [3.63, 3.8) is 0 Å². The predicted molar refractivity (Wildman–Crippen MR) is 115 cm³/mol. The third kappa shape index (κ3) is 3.34. The Balaban J connectivity index is 1.81. The van der Waals surface area contributed by atoms with Gasteiger partial charge in [0, 0.05) is 16.0 Å². The summed E-state index contributed by atoms with van der Waals surface area (Å²) in [5.74, 6) is 0.211. The van der Waals surface area contributed by atoms with Gasteiger partial charge in [-0.1, -0.05) is 49.7 Å². The van der Waals surface area contributed by atoms with Gasteiger partial charge in [-0.05, 0) is 60.5 Å². The largest absolute Gasteiger partial charge is 0.504 e. The van der Waals surface area contributed by atoms with Crippen LogP contribution in [0.25, 0.3) is 0 Å². The highest BCUT2D eigenvalue weighted by Crippen LogP contribution is 2.47. The molecule has 0 spiro atoms. The molecule has 1 atom stereocenters. The molecule has 1 aliphatic rings. The first kappa shape index (κ1) is 19.3. The van der Waals surface area contributed by atoms with Gasteiger partial charge in [0.15, 0.2) is 17.7 Å². The average Bonchev–Trinajstić information content (AvgIpc) is 2.92. The van der Waals surface area contributed by atoms with Crippen molar-refractivity contribution in [3.8, 4) is 11.5 Å². The minimum absolute atomic E-state index is 0.0428. The van der Waals surface area contributed by atoms with Crippen molar-refractivity contribution >= 4 is 23.2 Å². The Morgan fingerprint density at radius 1 is 1.07 bits per heavy atom. The summed E-state index contributed by atoms with van der Waals surface area (Å²) in [6.07, 6.45) is -0.629. The number of carbonyl (C=O) groups excluding carboxylic acids is 1. The van der Waals surface area contributed by atoms with Crippen LogP contribution in [0, 0.1) is 6.92 Å². The SMILES string of the molecule is Cc1ccc(O)c(OC2N(C(=O)c3ccc(Cl)cc3)c3ccccc3C2(C)C)c1. The van der Waals surface area contributed by atoms with E-state index in [0.29, 0.717) is 16.3 Å². The van der Waals surface area contributed by atoms with Gasteiger partial charge >= 0.3 is 0 Å². The maximum Gasteiger partial charge on any atom is 0.261 e. The zero-order valence-electron chi connectivity index (χ0n) is 16.5. The van der Waals surface area contributed by atoms with E-state index in [9.17, 15) is 9.90 Å². The molecular weight excluding hydrogens is 386 g/mol. The minimum Gasteiger partial charge on any atom is -0.504 e. The van der Waals surface area contributed by atoms with Gasteiger partial charge in [0.25, 0.3) is 5.91 Å². The molecule has 4 nitrogen and oxygen atoms in total. The number of para-hydroxylation sites is 1. The predicted octanol–water partition coefficient (Wildman–Crippen LogP) is 5.70. The fourth-order valence-corrected chi connectivity index (χ4v) is 3.92. The summed E-state index contributed by atoms with van der Waals surface area (Å²) in [5, 5.41) is 10.9. The van der Waals surface area contributed by atoms with Gasteiger partial charge in [-0.25, -0.2) is 0 Å². The molecule has 0 radical (unpaired) electrons. The Morgan fingerprint density at radius 2 is 1.76 bits per heavy atom. The van der Waals surface area contributed by atoms with Gasteiger partial charge in [-0.2, -0.15) is 0 Å². The van der Waals surface area contributed by atoms with Gasteiger partial charge in [0.05, 0.1) is 5.69 Å². The maximum atomic E-state index is 13.5. The van der Waals surface area contributed by atoms with E-state index >= 15 is 0 Å². The van der Waals surface area contributed by atoms with E-state index in [1.54, 1.807) is 41.3 Å². The molecule has 0 aliphatic carbocycles. The fourth-order valence-electron chi connectivity index (χ4n) is 3.79. The lowest BCUT2D eigenvalue weighted by Crippen LogP contribution is -2.48. The van der Waals surface area contributed by atoms with Gasteiger partial charge in [0.1, 0.15) is 0 Å². The Bertz CT molecular complexity index is 1080. The van der Waals surface area contributed by atoms with Gasteiger partial charge in [0.2, 0.25) is 0 Å². The minimum atomic E-state index is -0.629. The van der Waals surface area contributed by atoms with Gasteiger partial charge < -0.3 is 9.84 Å². The molecule has 4 rings (SSSR count). The van der Waals surface area contributed by atoms with Crippen molar-refractivity contribution in [2.24, 2.45) is 0 Å². The highest BCUT2D eigenvalue weighted by molar-refractivity contribution is 6.30. The van der Waals surface area contributed by atoms with Crippen molar-refractivity contribution < 1.29 is 14.6 Å². The van der Waals surface area contributed by atoms with E-state index in [1.165, 1.54) is 0 Å². The van der Waals surface area contributed by atoms with Gasteiger partial charge in [-0.3, -0.25) is 9.69 Å². The Labute approximate surface area is 175 Å². The van der Waals surface area contributed by atoms with Crippen LogP contribution in [0.1, 0.15) is 35.3 Å². The standard InChI is InChI=1S/C24H22ClNO3/c1-15-8-13-20(27)21(14-15)29-23-24(2,3)18-6-4-5-7-19(18)26(23)22(28)16-9-11-17(25)12-10-16/h4-14,23,27H,1-3H3. The molecule has 1 unspecified atom stereocenters. The van der Waals surface area contributed by atoms with Crippen LogP contribution < -0.4 is 9.64 Å². The molecule has 1 N–H and O–H groups in total. The molecular formula is C24H22ClNO3.